The number of nitrogens with zero attached hydrogens (tertiary/aromatic N) is 1. The highest BCUT2D eigenvalue weighted by molar-refractivity contribution is 5.92. The lowest BCUT2D eigenvalue weighted by atomic mass is 9.93. The third-order valence-corrected chi connectivity index (χ3v) is 6.05. The fourth-order valence-corrected chi connectivity index (χ4v) is 4.14. The zero-order chi connectivity index (χ0) is 21.3. The van der Waals surface area contributed by atoms with Crippen LogP contribution >= 0.6 is 0 Å². The molecule has 0 aromatic carbocycles. The maximum Gasteiger partial charge on any atom is 0.249 e. The zero-order valence-electron chi connectivity index (χ0n) is 20.1. The molecule has 166 valence electrons. The molecule has 0 atom stereocenters. The van der Waals surface area contributed by atoms with Crippen LogP contribution in [0.1, 0.15) is 137 Å². The monoisotopic (exact) mass is 393 g/mol. The number of hydrogen-bond acceptors (Lipinski definition) is 1. The molecule has 0 aliphatic heterocycles. The van der Waals surface area contributed by atoms with Gasteiger partial charge in [0, 0.05) is 17.7 Å². The Morgan fingerprint density at radius 3 is 1.39 bits per heavy atom. The third-order valence-electron chi connectivity index (χ3n) is 6.05. The van der Waals surface area contributed by atoms with Crippen LogP contribution in [0.4, 0.5) is 0 Å². The van der Waals surface area contributed by atoms with Gasteiger partial charge in [-0.1, -0.05) is 110 Å². The topological polar surface area (TPSA) is 20.3 Å². The molecule has 2 nitrogen and oxygen atoms in total. The summed E-state index contributed by atoms with van der Waals surface area (Å²) in [5.74, 6) is 0.105. The number of carbonyl (C=O) groups excluding carboxylic acids is 1. The standard InChI is InChI=1S/C26H51NO/c1-7-9-10-11-12-13-14-15-16-17-18-19-20-21-22-23-26(5,6)27(8-2)25(28)24(3)4/h3,7-23H2,1-2,4-6H3. The quantitative estimate of drug-likeness (QED) is 0.159. The van der Waals surface area contributed by atoms with Crippen molar-refractivity contribution in [3.8, 4) is 0 Å². The smallest absolute Gasteiger partial charge is 0.249 e. The largest absolute Gasteiger partial charge is 0.334 e. The first-order valence-electron chi connectivity index (χ1n) is 12.3. The molecule has 0 unspecified atom stereocenters. The minimum atomic E-state index is -0.0681. The summed E-state index contributed by atoms with van der Waals surface area (Å²) < 4.78 is 0. The van der Waals surface area contributed by atoms with E-state index in [9.17, 15) is 4.79 Å². The molecule has 0 N–H and O–H groups in total. The summed E-state index contributed by atoms with van der Waals surface area (Å²) in [4.78, 5) is 14.3. The molecular weight excluding hydrogens is 342 g/mol. The van der Waals surface area contributed by atoms with Crippen molar-refractivity contribution in [2.45, 2.75) is 143 Å². The first-order chi connectivity index (χ1) is 13.4. The summed E-state index contributed by atoms with van der Waals surface area (Å²) in [5, 5.41) is 0. The van der Waals surface area contributed by atoms with Gasteiger partial charge < -0.3 is 4.90 Å². The highest BCUT2D eigenvalue weighted by Crippen LogP contribution is 2.24. The lowest BCUT2D eigenvalue weighted by molar-refractivity contribution is -0.132. The lowest BCUT2D eigenvalue weighted by Gasteiger charge is -2.38. The van der Waals surface area contributed by atoms with E-state index >= 15 is 0 Å². The van der Waals surface area contributed by atoms with Gasteiger partial charge in [0.15, 0.2) is 0 Å². The van der Waals surface area contributed by atoms with Crippen LogP contribution in [0.15, 0.2) is 12.2 Å². The van der Waals surface area contributed by atoms with Gasteiger partial charge in [0.05, 0.1) is 0 Å². The molecule has 0 aromatic heterocycles. The Morgan fingerprint density at radius 2 is 1.07 bits per heavy atom. The van der Waals surface area contributed by atoms with Crippen molar-refractivity contribution in [2.24, 2.45) is 0 Å². The predicted molar refractivity (Wildman–Crippen MR) is 126 cm³/mol. The molecule has 2 heteroatoms. The van der Waals surface area contributed by atoms with Crippen LogP contribution in [0.25, 0.3) is 0 Å². The Kier molecular flexibility index (Phi) is 16.6. The van der Waals surface area contributed by atoms with Crippen LogP contribution in [0.3, 0.4) is 0 Å². The number of unbranched alkanes of at least 4 members (excludes halogenated alkanes) is 14. The first kappa shape index (κ1) is 27.2. The Hall–Kier alpha value is -0.790. The fourth-order valence-electron chi connectivity index (χ4n) is 4.14. The zero-order valence-corrected chi connectivity index (χ0v) is 20.1. The third kappa shape index (κ3) is 13.4. The van der Waals surface area contributed by atoms with E-state index in [1.165, 1.54) is 96.3 Å². The highest BCUT2D eigenvalue weighted by atomic mass is 16.2. The van der Waals surface area contributed by atoms with E-state index in [1.807, 2.05) is 11.8 Å². The number of carbonyl (C=O) groups is 1. The van der Waals surface area contributed by atoms with Crippen LogP contribution in [0.5, 0.6) is 0 Å². The van der Waals surface area contributed by atoms with E-state index in [0.29, 0.717) is 5.57 Å². The second kappa shape index (κ2) is 17.1. The summed E-state index contributed by atoms with van der Waals surface area (Å²) in [7, 11) is 0. The second-order valence-electron chi connectivity index (χ2n) is 9.34. The molecule has 0 heterocycles. The molecular formula is C26H51NO. The van der Waals surface area contributed by atoms with Gasteiger partial charge in [-0.2, -0.15) is 0 Å². The van der Waals surface area contributed by atoms with Crippen molar-refractivity contribution >= 4 is 5.91 Å². The van der Waals surface area contributed by atoms with Crippen LogP contribution in [0, 0.1) is 0 Å². The van der Waals surface area contributed by atoms with Crippen LogP contribution in [0.2, 0.25) is 0 Å². The molecule has 0 saturated heterocycles. The molecule has 0 rings (SSSR count). The number of hydrogen-bond donors (Lipinski definition) is 0. The molecule has 0 spiro atoms. The summed E-state index contributed by atoms with van der Waals surface area (Å²) in [5.41, 5.74) is 0.577. The van der Waals surface area contributed by atoms with E-state index in [2.05, 4.69) is 34.3 Å². The average Bonchev–Trinajstić information content (AvgIpc) is 2.65. The number of likely N-dealkylation sites (N-methyl/N-ethyl adjacent to an activating group) is 1. The van der Waals surface area contributed by atoms with E-state index in [0.717, 1.165) is 13.0 Å². The van der Waals surface area contributed by atoms with E-state index < -0.39 is 0 Å². The lowest BCUT2D eigenvalue weighted by Crippen LogP contribution is -2.47. The molecule has 0 saturated carbocycles. The molecule has 1 amide bonds. The van der Waals surface area contributed by atoms with E-state index in [4.69, 9.17) is 0 Å². The molecule has 28 heavy (non-hydrogen) atoms. The Balaban J connectivity index is 3.58. The van der Waals surface area contributed by atoms with Crippen molar-refractivity contribution < 1.29 is 4.79 Å². The second-order valence-corrected chi connectivity index (χ2v) is 9.34. The summed E-state index contributed by atoms with van der Waals surface area (Å²) in [6, 6.07) is 0. The van der Waals surface area contributed by atoms with Gasteiger partial charge in [-0.05, 0) is 34.1 Å². The van der Waals surface area contributed by atoms with Gasteiger partial charge in [-0.15, -0.1) is 0 Å². The van der Waals surface area contributed by atoms with Crippen molar-refractivity contribution in [1.82, 2.24) is 4.90 Å². The van der Waals surface area contributed by atoms with E-state index in [-0.39, 0.29) is 11.4 Å². The first-order valence-corrected chi connectivity index (χ1v) is 12.3. The predicted octanol–water partition coefficient (Wildman–Crippen LogP) is 8.45. The van der Waals surface area contributed by atoms with E-state index in [1.54, 1.807) is 0 Å². The molecule has 0 bridgehead atoms. The summed E-state index contributed by atoms with van der Waals surface area (Å²) >= 11 is 0. The molecule has 0 aliphatic rings. The van der Waals surface area contributed by atoms with Crippen LogP contribution < -0.4 is 0 Å². The van der Waals surface area contributed by atoms with Crippen molar-refractivity contribution in [3.05, 3.63) is 12.2 Å². The Bertz CT molecular complexity index is 399. The van der Waals surface area contributed by atoms with Crippen LogP contribution in [-0.4, -0.2) is 22.9 Å². The fraction of sp³-hybridized carbons (Fsp3) is 0.885. The van der Waals surface area contributed by atoms with Crippen molar-refractivity contribution in [1.29, 1.82) is 0 Å². The molecule has 0 aromatic rings. The maximum absolute atomic E-state index is 12.3. The normalized spacial score (nSPS) is 11.6. The number of rotatable bonds is 19. The van der Waals surface area contributed by atoms with Gasteiger partial charge in [0.2, 0.25) is 5.91 Å². The SMILES string of the molecule is C=C(C)C(=O)N(CC)C(C)(C)CCCCCCCCCCCCCCCCC. The summed E-state index contributed by atoms with van der Waals surface area (Å²) in [6.45, 7) is 15.1. The van der Waals surface area contributed by atoms with Crippen molar-refractivity contribution in [3.63, 3.8) is 0 Å². The van der Waals surface area contributed by atoms with Gasteiger partial charge in [0.25, 0.3) is 0 Å². The molecule has 0 fully saturated rings. The van der Waals surface area contributed by atoms with Gasteiger partial charge in [-0.25, -0.2) is 0 Å². The minimum absolute atomic E-state index is 0.0681. The Morgan fingerprint density at radius 1 is 0.714 bits per heavy atom. The van der Waals surface area contributed by atoms with Gasteiger partial charge in [-0.3, -0.25) is 4.79 Å². The van der Waals surface area contributed by atoms with Crippen molar-refractivity contribution in [2.75, 3.05) is 6.54 Å². The highest BCUT2D eigenvalue weighted by Gasteiger charge is 2.29. The van der Waals surface area contributed by atoms with Gasteiger partial charge >= 0.3 is 0 Å². The van der Waals surface area contributed by atoms with Gasteiger partial charge in [0.1, 0.15) is 0 Å². The average molecular weight is 394 g/mol. The maximum atomic E-state index is 12.3. The molecule has 0 aliphatic carbocycles. The van der Waals surface area contributed by atoms with Crippen LogP contribution in [-0.2, 0) is 4.79 Å². The number of amides is 1. The Labute approximate surface area is 177 Å². The summed E-state index contributed by atoms with van der Waals surface area (Å²) in [6.07, 6.45) is 22.0. The molecule has 0 radical (unpaired) electrons. The minimum Gasteiger partial charge on any atom is -0.334 e.